The summed E-state index contributed by atoms with van der Waals surface area (Å²) in [4.78, 5) is 36.0. The standard InChI is InChI=1S/C12H17N3O4S/c16-10(17)7-2-1-3-8(4-7)14-11(18)13-5-9-6-20-12(19)15-9/h6-8H,1-5H2,(H,15,19)(H,16,17)(H2,13,14,18). The number of thiazole rings is 1. The van der Waals surface area contributed by atoms with Crippen molar-refractivity contribution in [1.82, 2.24) is 15.6 Å². The van der Waals surface area contributed by atoms with Gasteiger partial charge in [-0.15, -0.1) is 0 Å². The van der Waals surface area contributed by atoms with Crippen LogP contribution in [0.5, 0.6) is 0 Å². The van der Waals surface area contributed by atoms with Crippen LogP contribution in [0.15, 0.2) is 10.2 Å². The molecule has 4 N–H and O–H groups in total. The van der Waals surface area contributed by atoms with E-state index in [9.17, 15) is 14.4 Å². The SMILES string of the molecule is O=C(NCc1csc(=O)[nH]1)NC1CCCC(C(=O)O)C1. The lowest BCUT2D eigenvalue weighted by molar-refractivity contribution is -0.143. The Hall–Kier alpha value is -1.83. The Morgan fingerprint density at radius 2 is 2.25 bits per heavy atom. The molecule has 2 atom stereocenters. The lowest BCUT2D eigenvalue weighted by atomic mass is 9.86. The fraction of sp³-hybridized carbons (Fsp3) is 0.583. The number of hydrogen-bond donors (Lipinski definition) is 4. The fourth-order valence-corrected chi connectivity index (χ4v) is 2.94. The van der Waals surface area contributed by atoms with Crippen LogP contribution in [0.3, 0.4) is 0 Å². The number of urea groups is 1. The van der Waals surface area contributed by atoms with E-state index >= 15 is 0 Å². The third-order valence-corrected chi connectivity index (χ3v) is 4.09. The number of aromatic nitrogens is 1. The van der Waals surface area contributed by atoms with Gasteiger partial charge >= 0.3 is 16.9 Å². The number of amides is 2. The highest BCUT2D eigenvalue weighted by atomic mass is 32.1. The van der Waals surface area contributed by atoms with Crippen molar-refractivity contribution in [3.8, 4) is 0 Å². The van der Waals surface area contributed by atoms with Gasteiger partial charge in [0.25, 0.3) is 0 Å². The first-order chi connectivity index (χ1) is 9.54. The molecule has 1 heterocycles. The first kappa shape index (κ1) is 14.6. The van der Waals surface area contributed by atoms with Crippen LogP contribution in [0.2, 0.25) is 0 Å². The average Bonchev–Trinajstić information content (AvgIpc) is 2.82. The molecule has 2 rings (SSSR count). The summed E-state index contributed by atoms with van der Waals surface area (Å²) in [5.41, 5.74) is 0.655. The monoisotopic (exact) mass is 299 g/mol. The summed E-state index contributed by atoms with van der Waals surface area (Å²) >= 11 is 1.05. The molecule has 1 aromatic heterocycles. The van der Waals surface area contributed by atoms with E-state index < -0.39 is 5.97 Å². The van der Waals surface area contributed by atoms with Crippen LogP contribution < -0.4 is 15.5 Å². The van der Waals surface area contributed by atoms with Crippen molar-refractivity contribution < 1.29 is 14.7 Å². The Balaban J connectivity index is 1.76. The van der Waals surface area contributed by atoms with E-state index in [1.165, 1.54) is 0 Å². The first-order valence-electron chi connectivity index (χ1n) is 6.48. The minimum atomic E-state index is -0.798. The van der Waals surface area contributed by atoms with Gasteiger partial charge in [-0.05, 0) is 19.3 Å². The highest BCUT2D eigenvalue weighted by Gasteiger charge is 2.27. The maximum atomic E-state index is 11.7. The predicted octanol–water partition coefficient (Wildman–Crippen LogP) is 0.879. The molecule has 0 aliphatic heterocycles. The van der Waals surface area contributed by atoms with E-state index in [-0.39, 0.29) is 29.4 Å². The van der Waals surface area contributed by atoms with Crippen molar-refractivity contribution in [2.45, 2.75) is 38.3 Å². The second kappa shape index (κ2) is 6.56. The molecule has 1 fully saturated rings. The van der Waals surface area contributed by atoms with E-state index in [1.54, 1.807) is 5.38 Å². The van der Waals surface area contributed by atoms with Crippen LogP contribution in [-0.2, 0) is 11.3 Å². The lowest BCUT2D eigenvalue weighted by Gasteiger charge is -2.27. The number of carbonyl (C=O) groups excluding carboxylic acids is 1. The van der Waals surface area contributed by atoms with Gasteiger partial charge in [-0.1, -0.05) is 17.8 Å². The quantitative estimate of drug-likeness (QED) is 0.661. The summed E-state index contributed by atoms with van der Waals surface area (Å²) in [6, 6.07) is -0.445. The second-order valence-electron chi connectivity index (χ2n) is 4.90. The summed E-state index contributed by atoms with van der Waals surface area (Å²) in [5, 5.41) is 16.1. The van der Waals surface area contributed by atoms with Crippen molar-refractivity contribution >= 4 is 23.3 Å². The zero-order chi connectivity index (χ0) is 14.5. The fourth-order valence-electron chi connectivity index (χ4n) is 2.36. The number of aliphatic carboxylic acids is 1. The minimum Gasteiger partial charge on any atom is -0.481 e. The molecular formula is C12H17N3O4S. The molecule has 0 saturated heterocycles. The number of rotatable bonds is 4. The van der Waals surface area contributed by atoms with Gasteiger partial charge in [0.05, 0.1) is 12.5 Å². The Morgan fingerprint density at radius 1 is 1.45 bits per heavy atom. The van der Waals surface area contributed by atoms with E-state index in [2.05, 4.69) is 15.6 Å². The predicted molar refractivity (Wildman–Crippen MR) is 73.7 cm³/mol. The molecule has 1 saturated carbocycles. The van der Waals surface area contributed by atoms with Gasteiger partial charge in [-0.2, -0.15) is 0 Å². The normalized spacial score (nSPS) is 22.2. The number of aromatic amines is 1. The molecule has 0 radical (unpaired) electrons. The van der Waals surface area contributed by atoms with Gasteiger partial charge in [0, 0.05) is 17.1 Å². The molecule has 110 valence electrons. The maximum Gasteiger partial charge on any atom is 0.315 e. The van der Waals surface area contributed by atoms with E-state index in [0.717, 1.165) is 24.2 Å². The molecule has 1 aliphatic carbocycles. The van der Waals surface area contributed by atoms with Crippen LogP contribution in [0, 0.1) is 5.92 Å². The average molecular weight is 299 g/mol. The molecule has 0 aromatic carbocycles. The van der Waals surface area contributed by atoms with Crippen molar-refractivity contribution in [3.63, 3.8) is 0 Å². The molecule has 1 aromatic rings. The number of carbonyl (C=O) groups is 2. The third-order valence-electron chi connectivity index (χ3n) is 3.37. The maximum absolute atomic E-state index is 11.7. The van der Waals surface area contributed by atoms with Crippen LogP contribution >= 0.6 is 11.3 Å². The van der Waals surface area contributed by atoms with Gasteiger partial charge in [-0.25, -0.2) is 4.79 Å². The Bertz CT molecular complexity index is 539. The Kier molecular flexibility index (Phi) is 4.78. The van der Waals surface area contributed by atoms with Gasteiger partial charge in [0.1, 0.15) is 0 Å². The number of carboxylic acid groups (broad SMARTS) is 1. The summed E-state index contributed by atoms with van der Waals surface area (Å²) in [7, 11) is 0. The number of nitrogens with one attached hydrogen (secondary N) is 3. The number of carboxylic acids is 1. The highest BCUT2D eigenvalue weighted by molar-refractivity contribution is 7.07. The second-order valence-corrected chi connectivity index (χ2v) is 5.74. The lowest BCUT2D eigenvalue weighted by Crippen LogP contribution is -2.44. The van der Waals surface area contributed by atoms with Gasteiger partial charge in [0.15, 0.2) is 0 Å². The number of hydrogen-bond acceptors (Lipinski definition) is 4. The van der Waals surface area contributed by atoms with Crippen molar-refractivity contribution in [2.24, 2.45) is 5.92 Å². The summed E-state index contributed by atoms with van der Waals surface area (Å²) in [6.07, 6.45) is 2.75. The zero-order valence-corrected chi connectivity index (χ0v) is 11.7. The van der Waals surface area contributed by atoms with Gasteiger partial charge in [-0.3, -0.25) is 9.59 Å². The summed E-state index contributed by atoms with van der Waals surface area (Å²) < 4.78 is 0. The molecule has 2 amide bonds. The van der Waals surface area contributed by atoms with E-state index in [1.807, 2.05) is 0 Å². The summed E-state index contributed by atoms with van der Waals surface area (Å²) in [5.74, 6) is -1.17. The minimum absolute atomic E-state index is 0.105. The molecule has 8 heteroatoms. The summed E-state index contributed by atoms with van der Waals surface area (Å²) in [6.45, 7) is 0.250. The molecule has 7 nitrogen and oxygen atoms in total. The third kappa shape index (κ3) is 4.09. The molecule has 0 bridgehead atoms. The molecule has 2 unspecified atom stereocenters. The van der Waals surface area contributed by atoms with Crippen LogP contribution in [0.25, 0.3) is 0 Å². The highest BCUT2D eigenvalue weighted by Crippen LogP contribution is 2.24. The van der Waals surface area contributed by atoms with Crippen LogP contribution in [0.1, 0.15) is 31.4 Å². The molecular weight excluding hydrogens is 282 g/mol. The Morgan fingerprint density at radius 3 is 2.90 bits per heavy atom. The smallest absolute Gasteiger partial charge is 0.315 e. The van der Waals surface area contributed by atoms with Crippen LogP contribution in [-0.4, -0.2) is 28.1 Å². The zero-order valence-electron chi connectivity index (χ0n) is 10.8. The Labute approximate surface area is 119 Å². The van der Waals surface area contributed by atoms with Crippen molar-refractivity contribution in [3.05, 3.63) is 20.7 Å². The number of H-pyrrole nitrogens is 1. The molecule has 1 aliphatic rings. The van der Waals surface area contributed by atoms with Crippen molar-refractivity contribution in [2.75, 3.05) is 0 Å². The van der Waals surface area contributed by atoms with E-state index in [0.29, 0.717) is 18.5 Å². The van der Waals surface area contributed by atoms with E-state index in [4.69, 9.17) is 5.11 Å². The molecule has 0 spiro atoms. The van der Waals surface area contributed by atoms with Gasteiger partial charge < -0.3 is 20.7 Å². The largest absolute Gasteiger partial charge is 0.481 e. The van der Waals surface area contributed by atoms with Crippen molar-refractivity contribution in [1.29, 1.82) is 0 Å². The van der Waals surface area contributed by atoms with Crippen LogP contribution in [0.4, 0.5) is 4.79 Å². The first-order valence-corrected chi connectivity index (χ1v) is 7.36. The van der Waals surface area contributed by atoms with Gasteiger partial charge in [0.2, 0.25) is 0 Å². The topological polar surface area (TPSA) is 111 Å². The molecule has 20 heavy (non-hydrogen) atoms.